The van der Waals surface area contributed by atoms with Crippen molar-refractivity contribution in [1.82, 2.24) is 5.32 Å². The Morgan fingerprint density at radius 2 is 1.77 bits per heavy atom. The molecule has 1 heterocycles. The van der Waals surface area contributed by atoms with Crippen molar-refractivity contribution in [2.24, 2.45) is 0 Å². The van der Waals surface area contributed by atoms with E-state index < -0.39 is 18.1 Å². The van der Waals surface area contributed by atoms with Crippen molar-refractivity contribution in [3.63, 3.8) is 0 Å². The van der Waals surface area contributed by atoms with Crippen molar-refractivity contribution in [2.75, 3.05) is 13.2 Å². The lowest BCUT2D eigenvalue weighted by atomic mass is 10.0. The lowest BCUT2D eigenvalue weighted by molar-refractivity contribution is -0.142. The number of carbonyl (C=O) groups is 1. The van der Waals surface area contributed by atoms with Gasteiger partial charge in [-0.2, -0.15) is 5.26 Å². The van der Waals surface area contributed by atoms with Crippen molar-refractivity contribution >= 4 is 21.9 Å². The quantitative estimate of drug-likeness (QED) is 0.172. The Balaban J connectivity index is 1.35. The molecule has 1 aliphatic rings. The summed E-state index contributed by atoms with van der Waals surface area (Å²) in [6, 6.07) is 25.3. The molecule has 1 aliphatic heterocycles. The van der Waals surface area contributed by atoms with Gasteiger partial charge in [0.1, 0.15) is 44.0 Å². The van der Waals surface area contributed by atoms with E-state index in [1.807, 2.05) is 42.5 Å². The molecule has 0 amide bonds. The van der Waals surface area contributed by atoms with Crippen LogP contribution in [0.15, 0.2) is 83.3 Å². The van der Waals surface area contributed by atoms with Crippen LogP contribution in [-0.2, 0) is 24.6 Å². The molecular weight excluding hydrogens is 628 g/mol. The number of hydrogen-bond donors (Lipinski definition) is 3. The van der Waals surface area contributed by atoms with E-state index in [1.165, 1.54) is 6.92 Å². The zero-order chi connectivity index (χ0) is 31.1. The van der Waals surface area contributed by atoms with Crippen LogP contribution in [0.4, 0.5) is 0 Å². The molecule has 2 atom stereocenters. The highest BCUT2D eigenvalue weighted by Gasteiger charge is 2.23. The average Bonchev–Trinajstić information content (AvgIpc) is 3.03. The van der Waals surface area contributed by atoms with E-state index in [0.717, 1.165) is 32.5 Å². The van der Waals surface area contributed by atoms with Crippen molar-refractivity contribution in [3.8, 4) is 40.2 Å². The summed E-state index contributed by atoms with van der Waals surface area (Å²) < 4.78 is 24.6. The molecule has 0 radical (unpaired) electrons. The molecule has 0 aromatic heterocycles. The van der Waals surface area contributed by atoms with E-state index in [-0.39, 0.29) is 19.8 Å². The zero-order valence-corrected chi connectivity index (χ0v) is 25.5. The van der Waals surface area contributed by atoms with Crippen LogP contribution < -0.4 is 24.3 Å². The smallest absolute Gasteiger partial charge is 0.323 e. The van der Waals surface area contributed by atoms with E-state index in [0.29, 0.717) is 41.6 Å². The first-order chi connectivity index (χ1) is 21.3. The number of carboxylic acid groups (broad SMARTS) is 1. The first kappa shape index (κ1) is 30.9. The van der Waals surface area contributed by atoms with Gasteiger partial charge in [-0.3, -0.25) is 10.1 Å². The molecule has 0 saturated heterocycles. The van der Waals surface area contributed by atoms with Crippen LogP contribution in [0.3, 0.4) is 0 Å². The maximum Gasteiger partial charge on any atom is 0.323 e. The monoisotopic (exact) mass is 658 g/mol. The number of ether oxygens (including phenoxy) is 4. The summed E-state index contributed by atoms with van der Waals surface area (Å²) in [5.74, 6) is 1.33. The molecule has 0 saturated carbocycles. The van der Waals surface area contributed by atoms with Gasteiger partial charge >= 0.3 is 5.97 Å². The minimum atomic E-state index is -1.15. The Hall–Kier alpha value is -4.56. The molecule has 9 nitrogen and oxygen atoms in total. The van der Waals surface area contributed by atoms with Gasteiger partial charge in [-0.15, -0.1) is 0 Å². The van der Waals surface area contributed by atoms with Gasteiger partial charge in [0, 0.05) is 28.2 Å². The Kier molecular flexibility index (Phi) is 10.0. The average molecular weight is 660 g/mol. The molecular formula is C34H31BrN2O7. The predicted molar refractivity (Wildman–Crippen MR) is 167 cm³/mol. The predicted octanol–water partition coefficient (Wildman–Crippen LogP) is 5.84. The number of halogens is 1. The Morgan fingerprint density at radius 1 is 0.977 bits per heavy atom. The third-order valence-electron chi connectivity index (χ3n) is 7.08. The second kappa shape index (κ2) is 14.3. The summed E-state index contributed by atoms with van der Waals surface area (Å²) in [5.41, 5.74) is 4.91. The molecule has 2 unspecified atom stereocenters. The van der Waals surface area contributed by atoms with Gasteiger partial charge in [-0.1, -0.05) is 42.5 Å². The van der Waals surface area contributed by atoms with Crippen LogP contribution in [0, 0.1) is 11.3 Å². The third kappa shape index (κ3) is 7.50. The number of benzene rings is 4. The summed E-state index contributed by atoms with van der Waals surface area (Å²) in [5, 5.41) is 31.5. The molecule has 4 aromatic carbocycles. The van der Waals surface area contributed by atoms with E-state index in [9.17, 15) is 20.3 Å². The highest BCUT2D eigenvalue weighted by molar-refractivity contribution is 9.10. The summed E-state index contributed by atoms with van der Waals surface area (Å²) in [6.45, 7) is 3.06. The van der Waals surface area contributed by atoms with Crippen molar-refractivity contribution in [1.29, 1.82) is 5.26 Å². The second-order valence-electron chi connectivity index (χ2n) is 10.2. The third-order valence-corrected chi connectivity index (χ3v) is 8.01. The minimum Gasteiger partial charge on any atom is -0.489 e. The normalized spacial score (nSPS) is 13.4. The first-order valence-electron chi connectivity index (χ1n) is 14.0. The van der Waals surface area contributed by atoms with Crippen molar-refractivity contribution in [2.45, 2.75) is 38.8 Å². The molecule has 0 spiro atoms. The maximum atomic E-state index is 11.6. The molecule has 0 aliphatic carbocycles. The van der Waals surface area contributed by atoms with Crippen LogP contribution >= 0.6 is 15.9 Å². The first-order valence-corrected chi connectivity index (χ1v) is 14.8. The van der Waals surface area contributed by atoms with Crippen LogP contribution in [0.25, 0.3) is 11.1 Å². The summed E-state index contributed by atoms with van der Waals surface area (Å²) >= 11 is 3.76. The number of hydrogen-bond acceptors (Lipinski definition) is 8. The number of fused-ring (bicyclic) bond motifs is 1. The molecule has 4 aromatic rings. The van der Waals surface area contributed by atoms with Crippen molar-refractivity contribution < 1.29 is 34.0 Å². The molecule has 10 heteroatoms. The maximum absolute atomic E-state index is 11.6. The van der Waals surface area contributed by atoms with Gasteiger partial charge in [0.2, 0.25) is 0 Å². The number of aliphatic hydroxyl groups excluding tert-OH is 1. The van der Waals surface area contributed by atoms with Crippen LogP contribution in [0.2, 0.25) is 0 Å². The lowest BCUT2D eigenvalue weighted by Gasteiger charge is -2.20. The fourth-order valence-electron chi connectivity index (χ4n) is 4.77. The highest BCUT2D eigenvalue weighted by Crippen LogP contribution is 2.38. The Morgan fingerprint density at radius 3 is 2.55 bits per heavy atom. The highest BCUT2D eigenvalue weighted by atomic mass is 79.9. The van der Waals surface area contributed by atoms with E-state index >= 15 is 0 Å². The van der Waals surface area contributed by atoms with Gasteiger partial charge in [-0.05, 0) is 69.9 Å². The summed E-state index contributed by atoms with van der Waals surface area (Å²) in [6.07, 6.45) is -1.09. The van der Waals surface area contributed by atoms with Crippen LogP contribution in [0.5, 0.6) is 23.0 Å². The number of aliphatic carboxylic acids is 1. The van der Waals surface area contributed by atoms with Gasteiger partial charge < -0.3 is 29.2 Å². The zero-order valence-electron chi connectivity index (χ0n) is 24.0. The van der Waals surface area contributed by atoms with E-state index in [4.69, 9.17) is 18.9 Å². The molecule has 0 fully saturated rings. The molecule has 0 bridgehead atoms. The van der Waals surface area contributed by atoms with Crippen LogP contribution in [0.1, 0.15) is 29.2 Å². The Labute approximate surface area is 263 Å². The number of nitrogens with zero attached hydrogens (tertiary/aromatic N) is 1. The Bertz CT molecular complexity index is 1680. The van der Waals surface area contributed by atoms with E-state index in [1.54, 1.807) is 36.4 Å². The SMILES string of the molecule is CC(O)C(NCc1ccc(OCc2cccc(-c3ccc4c(c3)OCCO4)c2Br)cc1OCc1cccc(C#N)c1)C(=O)O. The van der Waals surface area contributed by atoms with E-state index in [2.05, 4.69) is 27.3 Å². The molecule has 3 N–H and O–H groups in total. The summed E-state index contributed by atoms with van der Waals surface area (Å²) in [7, 11) is 0. The van der Waals surface area contributed by atoms with Gasteiger partial charge in [0.05, 0.1) is 17.7 Å². The van der Waals surface area contributed by atoms with Crippen molar-refractivity contribution in [3.05, 3.63) is 106 Å². The minimum absolute atomic E-state index is 0.138. The lowest BCUT2D eigenvalue weighted by Crippen LogP contribution is -2.44. The van der Waals surface area contributed by atoms with Gasteiger partial charge in [0.25, 0.3) is 0 Å². The number of nitrogens with one attached hydrogen (secondary N) is 1. The number of aliphatic hydroxyl groups is 1. The fourth-order valence-corrected chi connectivity index (χ4v) is 5.37. The standard InChI is InChI=1S/C34H31BrN2O7/c1-21(38)33(34(39)40)37-18-25-8-10-27(16-30(25)44-19-23-5-2-4-22(14-23)17-36)43-20-26-6-3-7-28(32(26)35)24-9-11-29-31(15-24)42-13-12-41-29/h2-11,14-16,21,33,37-38H,12-13,18-20H2,1H3,(H,39,40). The number of carboxylic acids is 1. The topological polar surface area (TPSA) is 130 Å². The summed E-state index contributed by atoms with van der Waals surface area (Å²) in [4.78, 5) is 11.6. The molecule has 44 heavy (non-hydrogen) atoms. The second-order valence-corrected chi connectivity index (χ2v) is 11.0. The van der Waals surface area contributed by atoms with Crippen LogP contribution in [-0.4, -0.2) is 41.5 Å². The van der Waals surface area contributed by atoms with Gasteiger partial charge in [-0.25, -0.2) is 0 Å². The molecule has 5 rings (SSSR count). The largest absolute Gasteiger partial charge is 0.489 e. The fraction of sp³-hybridized carbons (Fsp3) is 0.235. The van der Waals surface area contributed by atoms with Gasteiger partial charge in [0.15, 0.2) is 11.5 Å². The number of rotatable bonds is 12. The number of nitriles is 1. The molecule has 226 valence electrons.